The Morgan fingerprint density at radius 3 is 2.35 bits per heavy atom. The summed E-state index contributed by atoms with van der Waals surface area (Å²) in [5, 5.41) is 0. The van der Waals surface area contributed by atoms with Gasteiger partial charge in [0.15, 0.2) is 0 Å². The van der Waals surface area contributed by atoms with Gasteiger partial charge in [-0.15, -0.1) is 5.56 Å². The summed E-state index contributed by atoms with van der Waals surface area (Å²) < 4.78 is 27.0. The van der Waals surface area contributed by atoms with Crippen molar-refractivity contribution in [1.29, 1.82) is 0 Å². The van der Waals surface area contributed by atoms with Crippen molar-refractivity contribution in [3.63, 3.8) is 0 Å². The van der Waals surface area contributed by atoms with Crippen LogP contribution in [0.5, 0.6) is 0 Å². The normalized spacial score (nSPS) is 10.2. The molecule has 109 valence electrons. The molecule has 0 spiro atoms. The van der Waals surface area contributed by atoms with Gasteiger partial charge >= 0.3 is 0 Å². The zero-order chi connectivity index (χ0) is 15.1. The van der Waals surface area contributed by atoms with Crippen LogP contribution in [0.25, 0.3) is 5.73 Å². The number of carbonyl (C=O) groups is 1. The number of rotatable bonds is 3. The second-order valence-electron chi connectivity index (χ2n) is 3.91. The molecule has 0 aliphatic rings. The molecule has 0 aliphatic heterocycles. The number of nitrogens with zero attached hydrogens (tertiary/aromatic N) is 2. The number of carbonyl (C=O) groups excluding carboxylic acids is 1. The fourth-order valence-electron chi connectivity index (χ4n) is 0.984. The van der Waals surface area contributed by atoms with Crippen molar-refractivity contribution >= 4 is 22.3 Å². The molecule has 0 fully saturated rings. The summed E-state index contributed by atoms with van der Waals surface area (Å²) in [5.74, 6) is -0.583. The Balaban J connectivity index is 0. The molecule has 0 unspecified atom stereocenters. The molecule has 6 nitrogen and oxygen atoms in total. The number of nitrogens with one attached hydrogen (secondary N) is 1. The van der Waals surface area contributed by atoms with Crippen molar-refractivity contribution in [2.24, 2.45) is 4.40 Å². The Labute approximate surface area is 145 Å². The van der Waals surface area contributed by atoms with Crippen molar-refractivity contribution in [1.82, 2.24) is 4.90 Å². The minimum Gasteiger partial charge on any atom is -0.668 e. The van der Waals surface area contributed by atoms with E-state index in [1.54, 1.807) is 38.1 Å². The molecule has 1 N–H and O–H groups in total. The molecule has 1 radical (unpaired) electrons. The van der Waals surface area contributed by atoms with Crippen LogP contribution in [0.1, 0.15) is 12.5 Å². The van der Waals surface area contributed by atoms with Crippen LogP contribution in [0.3, 0.4) is 0 Å². The summed E-state index contributed by atoms with van der Waals surface area (Å²) in [6, 6.07) is 7.52. The van der Waals surface area contributed by atoms with E-state index < -0.39 is 15.9 Å². The molecule has 8 heteroatoms. The molecule has 1 amide bonds. The molecule has 0 heterocycles. The van der Waals surface area contributed by atoms with E-state index in [1.807, 2.05) is 0 Å². The maximum Gasteiger partial charge on any atom is 0.237 e. The molecule has 1 aromatic carbocycles. The van der Waals surface area contributed by atoms with E-state index in [0.29, 0.717) is 5.56 Å². The van der Waals surface area contributed by atoms with Crippen LogP contribution < -0.4 is 0 Å². The summed E-state index contributed by atoms with van der Waals surface area (Å²) >= 11 is 0. The molecule has 0 bridgehead atoms. The molecule has 0 aliphatic carbocycles. The molecule has 0 atom stereocenters. The first-order chi connectivity index (χ1) is 8.66. The minimum atomic E-state index is -3.59. The Morgan fingerprint density at radius 1 is 1.45 bits per heavy atom. The van der Waals surface area contributed by atoms with Crippen molar-refractivity contribution < 1.29 is 45.9 Å². The van der Waals surface area contributed by atoms with Gasteiger partial charge in [-0.1, -0.05) is 6.92 Å². The number of benzene rings is 1. The largest absolute Gasteiger partial charge is 0.668 e. The summed E-state index contributed by atoms with van der Waals surface area (Å²) in [6.07, 6.45) is 1.27. The van der Waals surface area contributed by atoms with Gasteiger partial charge in [0.2, 0.25) is 10.0 Å². The van der Waals surface area contributed by atoms with E-state index in [9.17, 15) is 8.42 Å². The molecule has 0 saturated heterocycles. The second kappa shape index (κ2) is 10.0. The van der Waals surface area contributed by atoms with E-state index >= 15 is 0 Å². The Hall–Kier alpha value is -0.786. The van der Waals surface area contributed by atoms with Gasteiger partial charge in [-0.3, -0.25) is 0 Å². The van der Waals surface area contributed by atoms with E-state index in [-0.39, 0.29) is 37.6 Å². The van der Waals surface area contributed by atoms with E-state index in [4.69, 9.17) is 10.5 Å². The van der Waals surface area contributed by atoms with Crippen LogP contribution >= 0.6 is 0 Å². The number of hydrogen-bond acceptors (Lipinski definition) is 3. The van der Waals surface area contributed by atoms with Gasteiger partial charge in [0, 0.05) is 52.7 Å². The average Bonchev–Trinajstić information content (AvgIpc) is 2.26. The fourth-order valence-corrected chi connectivity index (χ4v) is 2.10. The third kappa shape index (κ3) is 9.17. The zero-order valence-corrected chi connectivity index (χ0v) is 15.6. The van der Waals surface area contributed by atoms with Gasteiger partial charge < -0.3 is 15.4 Å². The predicted molar refractivity (Wildman–Crippen MR) is 74.4 cm³/mol. The molecule has 1 aromatic rings. The summed E-state index contributed by atoms with van der Waals surface area (Å²) in [4.78, 5) is 10.9. The van der Waals surface area contributed by atoms with E-state index in [2.05, 4.69) is 10.5 Å². The predicted octanol–water partition coefficient (Wildman–Crippen LogP) is 1.66. The number of aryl methyl sites for hydroxylation is 1. The maximum atomic E-state index is 11.7. The average molecular weight is 372 g/mol. The van der Waals surface area contributed by atoms with E-state index in [0.717, 1.165) is 0 Å². The van der Waals surface area contributed by atoms with Crippen LogP contribution in [0.2, 0.25) is 0 Å². The number of sulfonamides is 1. The monoisotopic (exact) mass is 372 g/mol. The first-order valence-corrected chi connectivity index (χ1v) is 6.76. The zero-order valence-electron chi connectivity index (χ0n) is 11.9. The molecular formula is C12H17N3O3SY-2. The van der Waals surface area contributed by atoms with Crippen LogP contribution in [-0.4, -0.2) is 39.7 Å². The van der Waals surface area contributed by atoms with Gasteiger partial charge in [0.25, 0.3) is 0 Å². The third-order valence-corrected chi connectivity index (χ3v) is 3.09. The minimum absolute atomic E-state index is 0. The summed E-state index contributed by atoms with van der Waals surface area (Å²) in [5.41, 5.74) is 6.62. The van der Waals surface area contributed by atoms with Crippen LogP contribution in [0, 0.1) is 13.0 Å². The molecule has 0 saturated carbocycles. The molecular weight excluding hydrogens is 355 g/mol. The number of hydrogen-bond donors (Lipinski definition) is 0. The van der Waals surface area contributed by atoms with Gasteiger partial charge in [0.1, 0.15) is 6.34 Å². The Kier molecular flexibility index (Phi) is 10.8. The topological polar surface area (TPSA) is 90.6 Å². The van der Waals surface area contributed by atoms with E-state index in [1.165, 1.54) is 19.3 Å². The van der Waals surface area contributed by atoms with Gasteiger partial charge in [-0.25, -0.2) is 8.42 Å². The van der Waals surface area contributed by atoms with Crippen LogP contribution in [0.4, 0.5) is 0 Å². The quantitative estimate of drug-likeness (QED) is 0.458. The first kappa shape index (κ1) is 21.5. The fraction of sp³-hybridized carbons (Fsp3) is 0.333. The molecule has 1 rings (SSSR count). The van der Waals surface area contributed by atoms with Crippen LogP contribution in [-0.2, 0) is 47.5 Å². The van der Waals surface area contributed by atoms with Crippen molar-refractivity contribution in [2.75, 3.05) is 14.1 Å². The van der Waals surface area contributed by atoms with Gasteiger partial charge in [0.05, 0.1) is 0 Å². The maximum absolute atomic E-state index is 11.7. The van der Waals surface area contributed by atoms with Gasteiger partial charge in [-0.2, -0.15) is 28.7 Å². The van der Waals surface area contributed by atoms with Crippen molar-refractivity contribution in [2.45, 2.75) is 18.7 Å². The molecule has 20 heavy (non-hydrogen) atoms. The standard InChI is InChI=1S/C10H13N2O2S.C2H5NO.Y/c1-9-6-4-5-7-10(9)15(13,14)11-8-12(2)3;1-2(3)4;/h4,6-8H,1-3H3;1H3,(H2,3,4);/q-1;;/p-1/b11-8+;;. The Morgan fingerprint density at radius 2 is 1.95 bits per heavy atom. The van der Waals surface area contributed by atoms with Crippen LogP contribution in [0.15, 0.2) is 27.5 Å². The molecule has 0 aromatic heterocycles. The summed E-state index contributed by atoms with van der Waals surface area (Å²) in [6.45, 7) is 2.92. The van der Waals surface area contributed by atoms with Crippen molar-refractivity contribution in [3.8, 4) is 0 Å². The first-order valence-electron chi connectivity index (χ1n) is 5.32. The SMILES string of the molecule is CC([NH-])=O.Cc1cc[c-]cc1S(=O)(=O)/N=C/N(C)C.[Y]. The van der Waals surface area contributed by atoms with Gasteiger partial charge in [-0.05, 0) is 11.8 Å². The van der Waals surface area contributed by atoms with Crippen molar-refractivity contribution in [3.05, 3.63) is 35.6 Å². The Bertz CT molecular complexity index is 553. The third-order valence-electron chi connectivity index (χ3n) is 1.73. The number of amides is 1. The second-order valence-corrected chi connectivity index (χ2v) is 5.51. The summed E-state index contributed by atoms with van der Waals surface area (Å²) in [7, 11) is -0.167. The smallest absolute Gasteiger partial charge is 0.237 e.